The molecule has 4 heterocycles. The predicted octanol–water partition coefficient (Wildman–Crippen LogP) is 0.397. The molecular weight excluding hydrogens is 852 g/mol. The summed E-state index contributed by atoms with van der Waals surface area (Å²) in [5.41, 5.74) is -3.45. The van der Waals surface area contributed by atoms with Crippen molar-refractivity contribution < 1.29 is 88.6 Å². The first-order chi connectivity index (χ1) is 30.2. The van der Waals surface area contributed by atoms with Gasteiger partial charge in [0.15, 0.2) is 25.0 Å². The summed E-state index contributed by atoms with van der Waals surface area (Å²) in [4.78, 5) is 12.0. The number of hydrogen-bond acceptors (Lipinski definition) is 18. The number of aliphatic hydroxyl groups is 9. The summed E-state index contributed by atoms with van der Waals surface area (Å²) in [6.07, 6.45) is -12.5. The lowest BCUT2D eigenvalue weighted by atomic mass is 9.41. The van der Waals surface area contributed by atoms with E-state index >= 15 is 0 Å². The number of hydrogen-bond donors (Lipinski definition) is 9. The predicted molar refractivity (Wildman–Crippen MR) is 224 cm³/mol. The van der Waals surface area contributed by atoms with Gasteiger partial charge in [-0.15, -0.1) is 0 Å². The topological polar surface area (TPSA) is 273 Å². The third-order valence-corrected chi connectivity index (χ3v) is 19.2. The van der Waals surface area contributed by atoms with Crippen LogP contribution in [0.25, 0.3) is 0 Å². The van der Waals surface area contributed by atoms with Crippen LogP contribution in [-0.2, 0) is 42.7 Å². The summed E-state index contributed by atoms with van der Waals surface area (Å²) in [7, 11) is 0. The molecule has 0 aromatic carbocycles. The molecule has 0 amide bonds. The molecule has 24 atom stereocenters. The Morgan fingerprint density at radius 3 is 1.85 bits per heavy atom. The van der Waals surface area contributed by atoms with Crippen molar-refractivity contribution >= 4 is 5.97 Å². The molecule has 2 spiro atoms. The molecule has 9 aliphatic rings. The van der Waals surface area contributed by atoms with Crippen LogP contribution in [0, 0.1) is 44.8 Å². The Hall–Kier alpha value is -1.17. The molecule has 0 aromatic rings. The van der Waals surface area contributed by atoms with Gasteiger partial charge in [-0.25, -0.2) is 0 Å². The monoisotopic (exact) mass is 929 g/mol. The Labute approximate surface area is 381 Å². The van der Waals surface area contributed by atoms with Gasteiger partial charge in [0, 0.05) is 12.8 Å². The molecule has 0 radical (unpaired) electrons. The summed E-state index contributed by atoms with van der Waals surface area (Å²) >= 11 is 0. The van der Waals surface area contributed by atoms with Gasteiger partial charge in [0.05, 0.1) is 55.4 Å². The van der Waals surface area contributed by atoms with Crippen LogP contribution >= 0.6 is 0 Å². The Balaban J connectivity index is 1.03. The van der Waals surface area contributed by atoms with E-state index in [1.807, 2.05) is 0 Å². The van der Waals surface area contributed by atoms with Gasteiger partial charge in [-0.3, -0.25) is 4.79 Å². The van der Waals surface area contributed by atoms with Gasteiger partial charge >= 0.3 is 5.97 Å². The molecule has 4 aliphatic heterocycles. The number of esters is 1. The van der Waals surface area contributed by atoms with Gasteiger partial charge in [0.25, 0.3) is 0 Å². The lowest BCUT2D eigenvalue weighted by molar-refractivity contribution is -0.359. The molecule has 18 heteroatoms. The van der Waals surface area contributed by atoms with Crippen LogP contribution in [0.3, 0.4) is 0 Å². The second-order valence-corrected chi connectivity index (χ2v) is 23.6. The highest BCUT2D eigenvalue weighted by molar-refractivity contribution is 5.66. The van der Waals surface area contributed by atoms with Gasteiger partial charge in [-0.1, -0.05) is 27.7 Å². The Bertz CT molecular complexity index is 1780. The molecule has 18 nitrogen and oxygen atoms in total. The van der Waals surface area contributed by atoms with E-state index in [0.29, 0.717) is 25.7 Å². The largest absolute Gasteiger partial charge is 0.457 e. The van der Waals surface area contributed by atoms with E-state index in [1.54, 1.807) is 13.8 Å². The Kier molecular flexibility index (Phi) is 12.4. The van der Waals surface area contributed by atoms with Gasteiger partial charge in [-0.2, -0.15) is 0 Å². The Morgan fingerprint density at radius 2 is 1.25 bits per heavy atom. The van der Waals surface area contributed by atoms with E-state index in [4.69, 9.17) is 37.9 Å². The van der Waals surface area contributed by atoms with Crippen LogP contribution in [0.4, 0.5) is 0 Å². The molecule has 0 bridgehead atoms. The summed E-state index contributed by atoms with van der Waals surface area (Å²) in [5, 5.41) is 98.8. The first kappa shape index (κ1) is 48.8. The zero-order valence-corrected chi connectivity index (χ0v) is 39.2. The van der Waals surface area contributed by atoms with E-state index < -0.39 is 115 Å². The van der Waals surface area contributed by atoms with E-state index in [2.05, 4.69) is 34.6 Å². The molecule has 2 unspecified atom stereocenters. The van der Waals surface area contributed by atoms with Crippen molar-refractivity contribution in [3.63, 3.8) is 0 Å². The fraction of sp³-hybridized carbons (Fsp3) is 0.979. The number of carbonyl (C=O) groups excluding carboxylic acids is 1. The molecule has 9 N–H and O–H groups in total. The van der Waals surface area contributed by atoms with Crippen LogP contribution in [-0.4, -0.2) is 181 Å². The highest BCUT2D eigenvalue weighted by Gasteiger charge is 2.85. The number of ether oxygens (including phenoxy) is 8. The van der Waals surface area contributed by atoms with Gasteiger partial charge in [0.2, 0.25) is 0 Å². The maximum atomic E-state index is 12.3. The highest BCUT2D eigenvalue weighted by Crippen LogP contribution is 2.89. The van der Waals surface area contributed by atoms with Crippen molar-refractivity contribution in [3.05, 3.63) is 0 Å². The maximum Gasteiger partial charge on any atom is 0.303 e. The van der Waals surface area contributed by atoms with Crippen LogP contribution < -0.4 is 0 Å². The normalized spacial score (nSPS) is 56.2. The van der Waals surface area contributed by atoms with Crippen molar-refractivity contribution in [2.75, 3.05) is 19.8 Å². The number of fused-ring (bicyclic) bond motifs is 2. The third kappa shape index (κ3) is 7.44. The zero-order valence-electron chi connectivity index (χ0n) is 39.2. The molecule has 372 valence electrons. The van der Waals surface area contributed by atoms with E-state index in [1.165, 1.54) is 6.92 Å². The second-order valence-electron chi connectivity index (χ2n) is 23.6. The smallest absolute Gasteiger partial charge is 0.303 e. The fourth-order valence-electron chi connectivity index (χ4n) is 16.1. The van der Waals surface area contributed by atoms with Crippen LogP contribution in [0.5, 0.6) is 0 Å². The minimum absolute atomic E-state index is 0.0813. The third-order valence-electron chi connectivity index (χ3n) is 19.2. The quantitative estimate of drug-likeness (QED) is 0.112. The van der Waals surface area contributed by atoms with Gasteiger partial charge < -0.3 is 83.9 Å². The standard InChI is InChI=1S/C47H76O18/c1-21(48)61-26-19-60-40(35(32(26)54)64-39-34(56)31(53)24(51)18-59-39)63-28-10-12-47-20-46(47)14-13-43(6)36(45(8)11-9-29(65-45)42(4,5)57)22(49)16-44(43,7)27(46)15-25(37(47)41(28,2)3)62-38-33(55)30(52)23(50)17-58-38/h22-40,49-57H,9-20H2,1-8H3/t22-,23-,24+,25-,26+,27-,28-,29-,30+,31+,32-,33-,34-,35?,36-,37?,38+,39+,40-,43+,44-,45+,46-,47+/m0/s1. The molecule has 65 heavy (non-hydrogen) atoms. The van der Waals surface area contributed by atoms with E-state index in [-0.39, 0.29) is 65.3 Å². The molecule has 9 fully saturated rings. The van der Waals surface area contributed by atoms with Crippen molar-refractivity contribution in [1.82, 2.24) is 0 Å². The molecule has 5 aliphatic carbocycles. The van der Waals surface area contributed by atoms with Crippen molar-refractivity contribution in [3.8, 4) is 0 Å². The summed E-state index contributed by atoms with van der Waals surface area (Å²) in [5.74, 6) is -0.967. The number of rotatable bonds is 9. The average molecular weight is 929 g/mol. The fourth-order valence-corrected chi connectivity index (χ4v) is 16.1. The maximum absolute atomic E-state index is 12.3. The van der Waals surface area contributed by atoms with Gasteiger partial charge in [-0.05, 0) is 117 Å². The second kappa shape index (κ2) is 16.5. The van der Waals surface area contributed by atoms with Gasteiger partial charge in [0.1, 0.15) is 48.8 Å². The lowest BCUT2D eigenvalue weighted by Gasteiger charge is -2.65. The number of aliphatic hydroxyl groups excluding tert-OH is 8. The van der Waals surface area contributed by atoms with Crippen molar-refractivity contribution in [1.29, 1.82) is 0 Å². The summed E-state index contributed by atoms with van der Waals surface area (Å²) in [6, 6.07) is 0. The summed E-state index contributed by atoms with van der Waals surface area (Å²) < 4.78 is 49.8. The minimum atomic E-state index is -1.68. The first-order valence-electron chi connectivity index (χ1n) is 24.1. The van der Waals surface area contributed by atoms with Crippen molar-refractivity contribution in [2.24, 2.45) is 44.8 Å². The van der Waals surface area contributed by atoms with Crippen molar-refractivity contribution in [2.45, 2.75) is 223 Å². The molecule has 4 saturated heterocycles. The van der Waals surface area contributed by atoms with Crippen LogP contribution in [0.15, 0.2) is 0 Å². The van der Waals surface area contributed by atoms with Crippen LogP contribution in [0.1, 0.15) is 113 Å². The molecule has 0 aromatic heterocycles. The van der Waals surface area contributed by atoms with Crippen LogP contribution in [0.2, 0.25) is 0 Å². The minimum Gasteiger partial charge on any atom is -0.457 e. The highest BCUT2D eigenvalue weighted by atomic mass is 16.8. The van der Waals surface area contributed by atoms with E-state index in [9.17, 15) is 50.8 Å². The molecule has 5 saturated carbocycles. The lowest BCUT2D eigenvalue weighted by Crippen LogP contribution is -2.65. The molecule has 9 rings (SSSR count). The molecular formula is C47H76O18. The zero-order chi connectivity index (χ0) is 47.2. The van der Waals surface area contributed by atoms with E-state index in [0.717, 1.165) is 32.1 Å². The first-order valence-corrected chi connectivity index (χ1v) is 24.1. The summed E-state index contributed by atoms with van der Waals surface area (Å²) in [6.45, 7) is 15.0. The number of carbonyl (C=O) groups is 1. The average Bonchev–Trinajstić information content (AvgIpc) is 3.58. The SMILES string of the molecule is CC(=O)O[C@@H]1CO[C@@H](O[C@H]2CC[C@]34C[C@]35CC[C@]3(C)[C@@H]([C@@]6(C)CC[C@@H](C(C)(C)O)O6)[C@@H](O)C[C@@]3(C)[C@@H]5C[C@H](O[C@H]3OC[C@H](O)[C@@H](O)[C@@H]3O)C4C2(C)C)C(O[C@H]2OC[C@@H](O)[C@@H](O)[C@@H]2O)[C@H]1O. The Morgan fingerprint density at radius 1 is 0.631 bits per heavy atom.